The predicted octanol–water partition coefficient (Wildman–Crippen LogP) is 2.90. The third-order valence-electron chi connectivity index (χ3n) is 3.52. The normalized spacial score (nSPS) is 15.5. The van der Waals surface area contributed by atoms with Gasteiger partial charge in [-0.15, -0.1) is 11.3 Å². The fraction of sp³-hybridized carbons (Fsp3) is 0.571. The second-order valence-electron chi connectivity index (χ2n) is 5.34. The smallest absolute Gasteiger partial charge is 0.146 e. The van der Waals surface area contributed by atoms with Crippen LogP contribution in [0.25, 0.3) is 10.2 Å². The van der Waals surface area contributed by atoms with Crippen LogP contribution in [0.5, 0.6) is 0 Å². The van der Waals surface area contributed by atoms with Gasteiger partial charge in [-0.05, 0) is 43.2 Å². The Hall–Kier alpha value is -1.20. The number of hydrogen-bond acceptors (Lipinski definition) is 5. The van der Waals surface area contributed by atoms with Crippen LogP contribution in [-0.4, -0.2) is 28.0 Å². The lowest BCUT2D eigenvalue weighted by molar-refractivity contribution is 0.249. The summed E-state index contributed by atoms with van der Waals surface area (Å²) in [5, 5.41) is 3.01. The molecule has 0 unspecified atom stereocenters. The Morgan fingerprint density at radius 3 is 3.00 bits per heavy atom. The molecule has 3 rings (SSSR count). The average Bonchev–Trinajstić information content (AvgIpc) is 3.04. The van der Waals surface area contributed by atoms with Crippen molar-refractivity contribution in [2.75, 3.05) is 18.8 Å². The van der Waals surface area contributed by atoms with Crippen LogP contribution in [0.3, 0.4) is 0 Å². The molecule has 0 bridgehead atoms. The summed E-state index contributed by atoms with van der Waals surface area (Å²) in [6.45, 7) is 5.34. The molecule has 19 heavy (non-hydrogen) atoms. The van der Waals surface area contributed by atoms with Crippen LogP contribution in [0.2, 0.25) is 0 Å². The van der Waals surface area contributed by atoms with Crippen LogP contribution in [0, 0.1) is 5.92 Å². The fourth-order valence-corrected chi connectivity index (χ4v) is 3.20. The molecule has 1 fully saturated rings. The number of nitrogens with two attached hydrogens (primary N) is 1. The van der Waals surface area contributed by atoms with E-state index in [9.17, 15) is 0 Å². The lowest BCUT2D eigenvalue weighted by Crippen LogP contribution is -2.27. The van der Waals surface area contributed by atoms with Crippen molar-refractivity contribution in [1.82, 2.24) is 14.9 Å². The second-order valence-corrected chi connectivity index (χ2v) is 6.24. The van der Waals surface area contributed by atoms with Gasteiger partial charge in [-0.25, -0.2) is 9.97 Å². The van der Waals surface area contributed by atoms with Gasteiger partial charge in [0.05, 0.1) is 11.9 Å². The maximum Gasteiger partial charge on any atom is 0.146 e. The zero-order valence-corrected chi connectivity index (χ0v) is 12.1. The van der Waals surface area contributed by atoms with E-state index < -0.39 is 0 Å². The molecule has 2 heterocycles. The third kappa shape index (κ3) is 3.04. The van der Waals surface area contributed by atoms with Gasteiger partial charge in [0, 0.05) is 6.54 Å². The second kappa shape index (κ2) is 5.43. The molecule has 0 atom stereocenters. The van der Waals surface area contributed by atoms with Gasteiger partial charge in [-0.1, -0.05) is 6.92 Å². The molecular formula is C14H20N4S. The predicted molar refractivity (Wildman–Crippen MR) is 80.1 cm³/mol. The molecule has 1 saturated carbocycles. The largest absolute Gasteiger partial charge is 0.383 e. The average molecular weight is 276 g/mol. The summed E-state index contributed by atoms with van der Waals surface area (Å²) in [6.07, 6.45) is 3.93. The molecule has 102 valence electrons. The molecule has 2 aromatic rings. The monoisotopic (exact) mass is 276 g/mol. The molecule has 0 aromatic carbocycles. The van der Waals surface area contributed by atoms with Crippen LogP contribution < -0.4 is 5.73 Å². The van der Waals surface area contributed by atoms with Crippen LogP contribution in [0.1, 0.15) is 32.0 Å². The Labute approximate surface area is 117 Å². The molecule has 4 nitrogen and oxygen atoms in total. The molecule has 0 spiro atoms. The van der Waals surface area contributed by atoms with Gasteiger partial charge < -0.3 is 5.73 Å². The van der Waals surface area contributed by atoms with Gasteiger partial charge in [0.25, 0.3) is 0 Å². The Morgan fingerprint density at radius 2 is 2.26 bits per heavy atom. The SMILES string of the molecule is CCCN(Cc1nc(N)c2ccsc2n1)CC1CC1. The number of aromatic nitrogens is 2. The Morgan fingerprint density at radius 1 is 1.42 bits per heavy atom. The molecule has 2 N–H and O–H groups in total. The number of nitrogens with zero attached hydrogens (tertiary/aromatic N) is 3. The molecule has 5 heteroatoms. The molecule has 1 aliphatic rings. The van der Waals surface area contributed by atoms with E-state index in [2.05, 4.69) is 21.8 Å². The first-order chi connectivity index (χ1) is 9.26. The highest BCUT2D eigenvalue weighted by Crippen LogP contribution is 2.30. The van der Waals surface area contributed by atoms with Gasteiger partial charge in [0.1, 0.15) is 16.5 Å². The summed E-state index contributed by atoms with van der Waals surface area (Å²) in [5.41, 5.74) is 6.00. The van der Waals surface area contributed by atoms with Crippen molar-refractivity contribution >= 4 is 27.4 Å². The maximum atomic E-state index is 6.00. The van der Waals surface area contributed by atoms with Crippen LogP contribution >= 0.6 is 11.3 Å². The lowest BCUT2D eigenvalue weighted by Gasteiger charge is -2.20. The summed E-state index contributed by atoms with van der Waals surface area (Å²) in [7, 11) is 0. The van der Waals surface area contributed by atoms with Crippen molar-refractivity contribution in [3.05, 3.63) is 17.3 Å². The first-order valence-electron chi connectivity index (χ1n) is 6.98. The minimum absolute atomic E-state index is 0.615. The third-order valence-corrected chi connectivity index (χ3v) is 4.33. The Bertz CT molecular complexity index is 562. The molecule has 1 aliphatic carbocycles. The van der Waals surface area contributed by atoms with Gasteiger partial charge in [-0.3, -0.25) is 4.90 Å². The van der Waals surface area contributed by atoms with Crippen molar-refractivity contribution in [1.29, 1.82) is 0 Å². The number of hydrogen-bond donors (Lipinski definition) is 1. The van der Waals surface area contributed by atoms with Crippen LogP contribution in [0.4, 0.5) is 5.82 Å². The van der Waals surface area contributed by atoms with Crippen molar-refractivity contribution in [3.8, 4) is 0 Å². The first-order valence-corrected chi connectivity index (χ1v) is 7.86. The van der Waals surface area contributed by atoms with E-state index in [0.717, 1.165) is 35.0 Å². The molecule has 0 amide bonds. The van der Waals surface area contributed by atoms with Crippen LogP contribution in [0.15, 0.2) is 11.4 Å². The van der Waals surface area contributed by atoms with E-state index >= 15 is 0 Å². The summed E-state index contributed by atoms with van der Waals surface area (Å²) < 4.78 is 0. The minimum Gasteiger partial charge on any atom is -0.383 e. The Kier molecular flexibility index (Phi) is 3.66. The first kappa shape index (κ1) is 12.8. The highest BCUT2D eigenvalue weighted by Gasteiger charge is 2.24. The van der Waals surface area contributed by atoms with Crippen LogP contribution in [-0.2, 0) is 6.54 Å². The molecule has 0 saturated heterocycles. The maximum absolute atomic E-state index is 6.00. The molecular weight excluding hydrogens is 256 g/mol. The summed E-state index contributed by atoms with van der Waals surface area (Å²) in [4.78, 5) is 12.6. The zero-order chi connectivity index (χ0) is 13.2. The standard InChI is InChI=1S/C14H20N4S/c1-2-6-18(8-10-3-4-10)9-12-16-13(15)11-5-7-19-14(11)17-12/h5,7,10H,2-4,6,8-9H2,1H3,(H2,15,16,17). The van der Waals surface area contributed by atoms with Gasteiger partial charge in [0.2, 0.25) is 0 Å². The summed E-state index contributed by atoms with van der Waals surface area (Å²) in [5.74, 6) is 2.38. The summed E-state index contributed by atoms with van der Waals surface area (Å²) >= 11 is 1.63. The number of thiophene rings is 1. The highest BCUT2D eigenvalue weighted by molar-refractivity contribution is 7.16. The van der Waals surface area contributed by atoms with E-state index in [-0.39, 0.29) is 0 Å². The topological polar surface area (TPSA) is 55.0 Å². The van der Waals surface area contributed by atoms with E-state index in [4.69, 9.17) is 5.73 Å². The van der Waals surface area contributed by atoms with E-state index in [1.807, 2.05) is 11.4 Å². The number of rotatable bonds is 6. The number of fused-ring (bicyclic) bond motifs is 1. The quantitative estimate of drug-likeness (QED) is 0.881. The van der Waals surface area contributed by atoms with E-state index in [0.29, 0.717) is 5.82 Å². The molecule has 0 aliphatic heterocycles. The molecule has 0 radical (unpaired) electrons. The van der Waals surface area contributed by atoms with Gasteiger partial charge in [0.15, 0.2) is 0 Å². The zero-order valence-electron chi connectivity index (χ0n) is 11.3. The lowest BCUT2D eigenvalue weighted by atomic mass is 10.3. The molecule has 2 aromatic heterocycles. The Balaban J connectivity index is 1.77. The van der Waals surface area contributed by atoms with Gasteiger partial charge in [-0.2, -0.15) is 0 Å². The van der Waals surface area contributed by atoms with Crippen molar-refractivity contribution < 1.29 is 0 Å². The number of nitrogen functional groups attached to an aromatic ring is 1. The minimum atomic E-state index is 0.615. The number of anilines is 1. The summed E-state index contributed by atoms with van der Waals surface area (Å²) in [6, 6.07) is 1.99. The van der Waals surface area contributed by atoms with Crippen molar-refractivity contribution in [2.45, 2.75) is 32.7 Å². The highest BCUT2D eigenvalue weighted by atomic mass is 32.1. The van der Waals surface area contributed by atoms with Crippen molar-refractivity contribution in [2.24, 2.45) is 5.92 Å². The van der Waals surface area contributed by atoms with Gasteiger partial charge >= 0.3 is 0 Å². The van der Waals surface area contributed by atoms with E-state index in [1.54, 1.807) is 11.3 Å². The van der Waals surface area contributed by atoms with E-state index in [1.165, 1.54) is 25.8 Å². The van der Waals surface area contributed by atoms with Crippen molar-refractivity contribution in [3.63, 3.8) is 0 Å². The fourth-order valence-electron chi connectivity index (χ4n) is 2.41.